The van der Waals surface area contributed by atoms with E-state index >= 15 is 0 Å². The van der Waals surface area contributed by atoms with Crippen LogP contribution in [0.2, 0.25) is 5.02 Å². The largest absolute Gasteiger partial charge is 0.385 e. The second kappa shape index (κ2) is 7.20. The highest BCUT2D eigenvalue weighted by Crippen LogP contribution is 2.15. The molecule has 0 saturated heterocycles. The van der Waals surface area contributed by atoms with Crippen LogP contribution >= 0.6 is 11.6 Å². The fourth-order valence-corrected chi connectivity index (χ4v) is 2.19. The van der Waals surface area contributed by atoms with E-state index in [1.807, 2.05) is 24.3 Å². The molecule has 0 atom stereocenters. The summed E-state index contributed by atoms with van der Waals surface area (Å²) in [6.07, 6.45) is 0.996. The molecule has 0 aliphatic heterocycles. The lowest BCUT2D eigenvalue weighted by atomic mass is 10.1. The molecule has 0 radical (unpaired) electrons. The van der Waals surface area contributed by atoms with E-state index in [0.29, 0.717) is 6.04 Å². The fourth-order valence-electron chi connectivity index (χ4n) is 2.07. The number of anilines is 2. The van der Waals surface area contributed by atoms with E-state index in [9.17, 15) is 0 Å². The van der Waals surface area contributed by atoms with Gasteiger partial charge in [-0.25, -0.2) is 0 Å². The summed E-state index contributed by atoms with van der Waals surface area (Å²) in [5, 5.41) is 7.59. The lowest BCUT2D eigenvalue weighted by Crippen LogP contribution is -2.10. The van der Waals surface area contributed by atoms with E-state index in [1.54, 1.807) is 0 Å². The summed E-state index contributed by atoms with van der Waals surface area (Å²) in [6.45, 7) is 5.20. The molecule has 106 valence electrons. The standard InChI is InChI=1S/C17H21ClN2/c1-13(2)20-17-5-3-4-14(12-17)10-11-19-16-8-6-15(18)7-9-16/h3-9,12-13,19-20H,10-11H2,1-2H3. The van der Waals surface area contributed by atoms with Crippen molar-refractivity contribution in [2.45, 2.75) is 26.3 Å². The van der Waals surface area contributed by atoms with Crippen molar-refractivity contribution in [3.63, 3.8) is 0 Å². The van der Waals surface area contributed by atoms with Crippen LogP contribution in [0.1, 0.15) is 19.4 Å². The van der Waals surface area contributed by atoms with Crippen LogP contribution < -0.4 is 10.6 Å². The first-order valence-corrected chi connectivity index (χ1v) is 7.36. The van der Waals surface area contributed by atoms with Gasteiger partial charge in [0.2, 0.25) is 0 Å². The first kappa shape index (κ1) is 14.7. The third-order valence-electron chi connectivity index (χ3n) is 2.97. The lowest BCUT2D eigenvalue weighted by molar-refractivity contribution is 0.898. The Morgan fingerprint density at radius 3 is 2.45 bits per heavy atom. The molecule has 2 N–H and O–H groups in total. The monoisotopic (exact) mass is 288 g/mol. The van der Waals surface area contributed by atoms with Gasteiger partial charge >= 0.3 is 0 Å². The molecule has 2 nitrogen and oxygen atoms in total. The van der Waals surface area contributed by atoms with Crippen molar-refractivity contribution in [1.29, 1.82) is 0 Å². The Morgan fingerprint density at radius 1 is 1.00 bits per heavy atom. The lowest BCUT2D eigenvalue weighted by Gasteiger charge is -2.12. The molecule has 2 rings (SSSR count). The topological polar surface area (TPSA) is 24.1 Å². The van der Waals surface area contributed by atoms with Gasteiger partial charge in [0.1, 0.15) is 0 Å². The van der Waals surface area contributed by atoms with Gasteiger partial charge in [0.15, 0.2) is 0 Å². The van der Waals surface area contributed by atoms with Crippen LogP contribution in [-0.4, -0.2) is 12.6 Å². The molecule has 2 aromatic carbocycles. The summed E-state index contributed by atoms with van der Waals surface area (Å²) in [5.74, 6) is 0. The van der Waals surface area contributed by atoms with Gasteiger partial charge in [-0.2, -0.15) is 0 Å². The minimum atomic E-state index is 0.456. The van der Waals surface area contributed by atoms with E-state index in [-0.39, 0.29) is 0 Å². The number of nitrogens with one attached hydrogen (secondary N) is 2. The molecule has 2 aromatic rings. The molecule has 0 bridgehead atoms. The van der Waals surface area contributed by atoms with Crippen LogP contribution in [0.5, 0.6) is 0 Å². The van der Waals surface area contributed by atoms with Crippen molar-refractivity contribution in [3.8, 4) is 0 Å². The number of rotatable bonds is 6. The van der Waals surface area contributed by atoms with Crippen LogP contribution in [0.25, 0.3) is 0 Å². The van der Waals surface area contributed by atoms with Crippen molar-refractivity contribution in [2.24, 2.45) is 0 Å². The van der Waals surface area contributed by atoms with Gasteiger partial charge in [0.25, 0.3) is 0 Å². The Hall–Kier alpha value is -1.67. The maximum absolute atomic E-state index is 5.87. The molecular formula is C17H21ClN2. The van der Waals surface area contributed by atoms with E-state index in [4.69, 9.17) is 11.6 Å². The highest BCUT2D eigenvalue weighted by Gasteiger charge is 1.98. The van der Waals surface area contributed by atoms with Crippen molar-refractivity contribution < 1.29 is 0 Å². The van der Waals surface area contributed by atoms with Gasteiger partial charge < -0.3 is 10.6 Å². The predicted octanol–water partition coefficient (Wildman–Crippen LogP) is 4.81. The predicted molar refractivity (Wildman–Crippen MR) is 88.8 cm³/mol. The molecule has 0 unspecified atom stereocenters. The van der Waals surface area contributed by atoms with Crippen LogP contribution in [0, 0.1) is 0 Å². The summed E-state index contributed by atoms with van der Waals surface area (Å²) in [4.78, 5) is 0. The second-order valence-corrected chi connectivity index (χ2v) is 5.62. The Morgan fingerprint density at radius 2 is 1.75 bits per heavy atom. The minimum Gasteiger partial charge on any atom is -0.385 e. The molecule has 0 fully saturated rings. The molecule has 0 amide bonds. The molecule has 20 heavy (non-hydrogen) atoms. The third-order valence-corrected chi connectivity index (χ3v) is 3.22. The molecule has 0 saturated carbocycles. The highest BCUT2D eigenvalue weighted by atomic mass is 35.5. The fraction of sp³-hybridized carbons (Fsp3) is 0.294. The highest BCUT2D eigenvalue weighted by molar-refractivity contribution is 6.30. The molecule has 0 heterocycles. The number of hydrogen-bond acceptors (Lipinski definition) is 2. The first-order chi connectivity index (χ1) is 9.63. The summed E-state index contributed by atoms with van der Waals surface area (Å²) in [6, 6.07) is 16.8. The Kier molecular flexibility index (Phi) is 5.31. The van der Waals surface area contributed by atoms with Crippen LogP contribution in [0.3, 0.4) is 0 Å². The zero-order chi connectivity index (χ0) is 14.4. The molecule has 0 aromatic heterocycles. The Balaban J connectivity index is 1.86. The minimum absolute atomic E-state index is 0.456. The quantitative estimate of drug-likeness (QED) is 0.797. The SMILES string of the molecule is CC(C)Nc1cccc(CCNc2ccc(Cl)cc2)c1. The van der Waals surface area contributed by atoms with Gasteiger partial charge in [-0.3, -0.25) is 0 Å². The maximum atomic E-state index is 5.87. The summed E-state index contributed by atoms with van der Waals surface area (Å²) < 4.78 is 0. The molecule has 0 aliphatic rings. The first-order valence-electron chi connectivity index (χ1n) is 6.98. The molecule has 3 heteroatoms. The summed E-state index contributed by atoms with van der Waals surface area (Å²) in [7, 11) is 0. The van der Waals surface area contributed by atoms with Crippen LogP contribution in [-0.2, 0) is 6.42 Å². The average molecular weight is 289 g/mol. The average Bonchev–Trinajstić information content (AvgIpc) is 2.41. The number of benzene rings is 2. The van der Waals surface area contributed by atoms with Crippen molar-refractivity contribution in [2.75, 3.05) is 17.2 Å². The summed E-state index contributed by atoms with van der Waals surface area (Å²) >= 11 is 5.87. The van der Waals surface area contributed by atoms with Gasteiger partial charge in [-0.15, -0.1) is 0 Å². The van der Waals surface area contributed by atoms with Gasteiger partial charge in [0, 0.05) is 29.0 Å². The van der Waals surface area contributed by atoms with Crippen LogP contribution in [0.15, 0.2) is 48.5 Å². The molecule has 0 spiro atoms. The van der Waals surface area contributed by atoms with E-state index in [2.05, 4.69) is 48.7 Å². The zero-order valence-electron chi connectivity index (χ0n) is 12.0. The zero-order valence-corrected chi connectivity index (χ0v) is 12.7. The van der Waals surface area contributed by atoms with Gasteiger partial charge in [0.05, 0.1) is 0 Å². The smallest absolute Gasteiger partial charge is 0.0407 e. The maximum Gasteiger partial charge on any atom is 0.0407 e. The van der Waals surface area contributed by atoms with Crippen molar-refractivity contribution in [3.05, 3.63) is 59.1 Å². The normalized spacial score (nSPS) is 10.6. The van der Waals surface area contributed by atoms with Crippen molar-refractivity contribution in [1.82, 2.24) is 0 Å². The molecule has 0 aliphatic carbocycles. The number of halogens is 1. The van der Waals surface area contributed by atoms with Crippen LogP contribution in [0.4, 0.5) is 11.4 Å². The Bertz CT molecular complexity index is 535. The van der Waals surface area contributed by atoms with E-state index in [1.165, 1.54) is 11.3 Å². The van der Waals surface area contributed by atoms with Crippen molar-refractivity contribution >= 4 is 23.0 Å². The van der Waals surface area contributed by atoms with E-state index in [0.717, 1.165) is 23.7 Å². The number of hydrogen-bond donors (Lipinski definition) is 2. The van der Waals surface area contributed by atoms with Gasteiger partial charge in [-0.1, -0.05) is 23.7 Å². The van der Waals surface area contributed by atoms with Gasteiger partial charge in [-0.05, 0) is 62.2 Å². The Labute approximate surface area is 126 Å². The second-order valence-electron chi connectivity index (χ2n) is 5.18. The van der Waals surface area contributed by atoms with E-state index < -0.39 is 0 Å². The summed E-state index contributed by atoms with van der Waals surface area (Å²) in [5.41, 5.74) is 3.62. The third kappa shape index (κ3) is 4.78. The molecular weight excluding hydrogens is 268 g/mol.